The van der Waals surface area contributed by atoms with Gasteiger partial charge in [-0.15, -0.1) is 0 Å². The highest BCUT2D eigenvalue weighted by molar-refractivity contribution is 5.92. The first-order valence-electron chi connectivity index (χ1n) is 13.2. The van der Waals surface area contributed by atoms with E-state index >= 15 is 0 Å². The van der Waals surface area contributed by atoms with Crippen molar-refractivity contribution >= 4 is 5.78 Å². The average Bonchev–Trinajstić information content (AvgIpc) is 3.05. The Bertz CT molecular complexity index is 727. The van der Waals surface area contributed by atoms with E-state index < -0.39 is 0 Å². The summed E-state index contributed by atoms with van der Waals surface area (Å²) in [6.07, 6.45) is 17.4. The maximum Gasteiger partial charge on any atom is 0.156 e. The van der Waals surface area contributed by atoms with Crippen LogP contribution in [-0.4, -0.2) is 5.78 Å². The molecule has 0 aromatic carbocycles. The number of hydrogen-bond donors (Lipinski definition) is 0. The molecule has 0 bridgehead atoms. The van der Waals surface area contributed by atoms with Crippen LogP contribution < -0.4 is 0 Å². The molecule has 0 saturated heterocycles. The number of hydrogen-bond acceptors (Lipinski definition) is 1. The molecule has 0 heterocycles. The number of ketones is 1. The van der Waals surface area contributed by atoms with Crippen LogP contribution in [-0.2, 0) is 4.79 Å². The first-order valence-corrected chi connectivity index (χ1v) is 13.2. The Morgan fingerprint density at radius 1 is 1.00 bits per heavy atom. The summed E-state index contributed by atoms with van der Waals surface area (Å²) in [5, 5.41) is 0. The van der Waals surface area contributed by atoms with Crippen LogP contribution in [0.25, 0.3) is 0 Å². The SMILES string of the molecule is CCC1=CC2=CC(=O)CC[C@]2(C)C2CC[C@]3(C)C(C(C)CCCC(C)C)CCC3C12. The van der Waals surface area contributed by atoms with Gasteiger partial charge in [-0.1, -0.05) is 72.5 Å². The molecule has 2 fully saturated rings. The van der Waals surface area contributed by atoms with Gasteiger partial charge >= 0.3 is 0 Å². The van der Waals surface area contributed by atoms with Crippen LogP contribution in [0, 0.1) is 46.3 Å². The minimum atomic E-state index is 0.236. The lowest BCUT2D eigenvalue weighted by Crippen LogP contribution is -2.50. The molecule has 0 radical (unpaired) electrons. The molecule has 4 rings (SSSR count). The summed E-state index contributed by atoms with van der Waals surface area (Å²) in [5.41, 5.74) is 3.80. The third-order valence-corrected chi connectivity index (χ3v) is 10.3. The van der Waals surface area contributed by atoms with Crippen LogP contribution in [0.15, 0.2) is 23.3 Å². The van der Waals surface area contributed by atoms with Crippen LogP contribution in [0.4, 0.5) is 0 Å². The Kier molecular flexibility index (Phi) is 6.15. The van der Waals surface area contributed by atoms with Crippen molar-refractivity contribution in [2.45, 2.75) is 106 Å². The van der Waals surface area contributed by atoms with Gasteiger partial charge in [-0.05, 0) is 96.5 Å². The van der Waals surface area contributed by atoms with E-state index in [2.05, 4.69) is 47.6 Å². The molecule has 5 unspecified atom stereocenters. The summed E-state index contributed by atoms with van der Waals surface area (Å²) in [4.78, 5) is 12.2. The Hall–Kier alpha value is -0.850. The number of allylic oxidation sites excluding steroid dienone is 4. The first-order chi connectivity index (χ1) is 14.2. The van der Waals surface area contributed by atoms with Crippen LogP contribution in [0.3, 0.4) is 0 Å². The fourth-order valence-corrected chi connectivity index (χ4v) is 8.57. The number of carbonyl (C=O) groups is 1. The van der Waals surface area contributed by atoms with Gasteiger partial charge < -0.3 is 0 Å². The molecule has 0 aliphatic heterocycles. The van der Waals surface area contributed by atoms with Gasteiger partial charge in [0.15, 0.2) is 5.78 Å². The summed E-state index contributed by atoms with van der Waals surface area (Å²) in [5.74, 6) is 5.34. The molecule has 0 N–H and O–H groups in total. The van der Waals surface area contributed by atoms with E-state index in [1.807, 2.05) is 6.08 Å². The predicted molar refractivity (Wildman–Crippen MR) is 127 cm³/mol. The van der Waals surface area contributed by atoms with Crippen molar-refractivity contribution in [1.82, 2.24) is 0 Å². The fraction of sp³-hybridized carbons (Fsp3) is 0.828. The molecule has 0 aromatic heterocycles. The molecule has 4 aliphatic rings. The summed E-state index contributed by atoms with van der Waals surface area (Å²) < 4.78 is 0. The van der Waals surface area contributed by atoms with Gasteiger partial charge in [0, 0.05) is 6.42 Å². The summed E-state index contributed by atoms with van der Waals surface area (Å²) in [6.45, 7) is 14.8. The van der Waals surface area contributed by atoms with E-state index in [4.69, 9.17) is 0 Å². The lowest BCUT2D eigenvalue weighted by molar-refractivity contribution is -0.116. The second kappa shape index (κ2) is 8.25. The molecular weight excluding hydrogens is 364 g/mol. The third-order valence-electron chi connectivity index (χ3n) is 10.3. The summed E-state index contributed by atoms with van der Waals surface area (Å²) in [7, 11) is 0. The predicted octanol–water partition coefficient (Wildman–Crippen LogP) is 8.15. The number of carbonyl (C=O) groups excluding carboxylic acids is 1. The van der Waals surface area contributed by atoms with Crippen LogP contribution in [0.5, 0.6) is 0 Å². The van der Waals surface area contributed by atoms with Crippen molar-refractivity contribution in [2.24, 2.45) is 46.3 Å². The molecule has 4 aliphatic carbocycles. The van der Waals surface area contributed by atoms with Crippen molar-refractivity contribution in [3.8, 4) is 0 Å². The van der Waals surface area contributed by atoms with Gasteiger partial charge in [0.1, 0.15) is 0 Å². The van der Waals surface area contributed by atoms with E-state index in [0.29, 0.717) is 11.2 Å². The van der Waals surface area contributed by atoms with Crippen molar-refractivity contribution in [1.29, 1.82) is 0 Å². The Balaban J connectivity index is 1.60. The van der Waals surface area contributed by atoms with Gasteiger partial charge in [0.05, 0.1) is 0 Å². The van der Waals surface area contributed by atoms with Crippen LogP contribution in [0.1, 0.15) is 106 Å². The summed E-state index contributed by atoms with van der Waals surface area (Å²) in [6, 6.07) is 0. The average molecular weight is 411 g/mol. The van der Waals surface area contributed by atoms with Crippen LogP contribution in [0.2, 0.25) is 0 Å². The van der Waals surface area contributed by atoms with Gasteiger partial charge in [-0.25, -0.2) is 0 Å². The minimum absolute atomic E-state index is 0.236. The maximum absolute atomic E-state index is 12.2. The van der Waals surface area contributed by atoms with Crippen molar-refractivity contribution in [2.75, 3.05) is 0 Å². The van der Waals surface area contributed by atoms with E-state index in [9.17, 15) is 4.79 Å². The van der Waals surface area contributed by atoms with Gasteiger partial charge in [-0.2, -0.15) is 0 Å². The molecule has 0 amide bonds. The second-order valence-corrected chi connectivity index (χ2v) is 12.3. The van der Waals surface area contributed by atoms with Gasteiger partial charge in [-0.3, -0.25) is 4.79 Å². The monoisotopic (exact) mass is 410 g/mol. The molecule has 0 aromatic rings. The molecule has 1 heteroatoms. The molecule has 168 valence electrons. The zero-order chi connectivity index (χ0) is 21.7. The highest BCUT2D eigenvalue weighted by Gasteiger charge is 2.59. The molecule has 30 heavy (non-hydrogen) atoms. The Morgan fingerprint density at radius 2 is 1.77 bits per heavy atom. The smallest absolute Gasteiger partial charge is 0.156 e. The second-order valence-electron chi connectivity index (χ2n) is 12.3. The van der Waals surface area contributed by atoms with Gasteiger partial charge in [0.2, 0.25) is 0 Å². The molecule has 0 spiro atoms. The van der Waals surface area contributed by atoms with Gasteiger partial charge in [0.25, 0.3) is 0 Å². The highest BCUT2D eigenvalue weighted by Crippen LogP contribution is 2.67. The quantitative estimate of drug-likeness (QED) is 0.431. The lowest BCUT2D eigenvalue weighted by atomic mass is 9.46. The van der Waals surface area contributed by atoms with Crippen molar-refractivity contribution in [3.05, 3.63) is 23.3 Å². The minimum Gasteiger partial charge on any atom is -0.295 e. The van der Waals surface area contributed by atoms with E-state index in [1.165, 1.54) is 50.5 Å². The van der Waals surface area contributed by atoms with E-state index in [-0.39, 0.29) is 5.41 Å². The zero-order valence-electron chi connectivity index (χ0n) is 20.6. The van der Waals surface area contributed by atoms with E-state index in [1.54, 1.807) is 5.57 Å². The molecule has 2 saturated carbocycles. The highest BCUT2D eigenvalue weighted by atomic mass is 16.1. The molecule has 1 nitrogen and oxygen atoms in total. The first kappa shape index (κ1) is 22.3. The maximum atomic E-state index is 12.2. The Labute approximate surface area is 186 Å². The topological polar surface area (TPSA) is 17.1 Å². The lowest BCUT2D eigenvalue weighted by Gasteiger charge is -2.58. The van der Waals surface area contributed by atoms with Crippen molar-refractivity contribution in [3.63, 3.8) is 0 Å². The largest absolute Gasteiger partial charge is 0.295 e. The third kappa shape index (κ3) is 3.57. The van der Waals surface area contributed by atoms with E-state index in [0.717, 1.165) is 54.8 Å². The number of fused-ring (bicyclic) bond motifs is 5. The summed E-state index contributed by atoms with van der Waals surface area (Å²) >= 11 is 0. The fourth-order valence-electron chi connectivity index (χ4n) is 8.57. The van der Waals surface area contributed by atoms with Crippen LogP contribution >= 0.6 is 0 Å². The molecule has 7 atom stereocenters. The zero-order valence-corrected chi connectivity index (χ0v) is 20.6. The van der Waals surface area contributed by atoms with Crippen molar-refractivity contribution < 1.29 is 4.79 Å². The molecular formula is C29H46O. The Morgan fingerprint density at radius 3 is 2.47 bits per heavy atom. The standard InChI is InChI=1S/C29H46O/c1-7-21-17-22-18-23(30)13-15-28(22,5)26-14-16-29(6)24(11-12-25(29)27(21)26)20(4)10-8-9-19(2)3/h17-20,24-27H,7-16H2,1-6H3/t20?,24?,25?,26?,27?,28-,29+/m0/s1. The number of rotatable bonds is 6. The normalized spacial score (nSPS) is 41.6.